The average Bonchev–Trinajstić information content (AvgIpc) is 3.06. The van der Waals surface area contributed by atoms with Crippen molar-refractivity contribution in [2.24, 2.45) is 5.73 Å². The second-order valence-corrected chi connectivity index (χ2v) is 8.58. The van der Waals surface area contributed by atoms with Crippen molar-refractivity contribution in [3.63, 3.8) is 0 Å². The van der Waals surface area contributed by atoms with Gasteiger partial charge >= 0.3 is 0 Å². The topological polar surface area (TPSA) is 130 Å². The quantitative estimate of drug-likeness (QED) is 0.687. The monoisotopic (exact) mass is 442 g/mol. The van der Waals surface area contributed by atoms with Gasteiger partial charge in [-0.15, -0.1) is 0 Å². The highest BCUT2D eigenvalue weighted by molar-refractivity contribution is 7.89. The molecule has 1 aromatic carbocycles. The molecule has 8 nitrogen and oxygen atoms in total. The van der Waals surface area contributed by atoms with E-state index >= 15 is 0 Å². The van der Waals surface area contributed by atoms with Gasteiger partial charge in [0.2, 0.25) is 0 Å². The lowest BCUT2D eigenvalue weighted by Crippen LogP contribution is -2.50. The molecule has 1 fully saturated rings. The van der Waals surface area contributed by atoms with Crippen LogP contribution in [0.25, 0.3) is 0 Å². The van der Waals surface area contributed by atoms with Crippen molar-refractivity contribution < 1.29 is 31.4 Å². The minimum absolute atomic E-state index is 0.0259. The van der Waals surface area contributed by atoms with Crippen LogP contribution in [0, 0.1) is 17.1 Å². The lowest BCUT2D eigenvalue weighted by Gasteiger charge is -2.27. The molecule has 0 radical (unpaired) electrons. The van der Waals surface area contributed by atoms with Crippen molar-refractivity contribution >= 4 is 10.0 Å². The predicted octanol–water partition coefficient (Wildman–Crippen LogP) is 1.17. The molecule has 30 heavy (non-hydrogen) atoms. The summed E-state index contributed by atoms with van der Waals surface area (Å²) in [6.45, 7) is -1.14. The van der Waals surface area contributed by atoms with Gasteiger partial charge in [0.1, 0.15) is 29.3 Å². The molecule has 160 valence electrons. The van der Waals surface area contributed by atoms with Gasteiger partial charge in [0.25, 0.3) is 16.4 Å². The molecule has 0 spiro atoms. The van der Waals surface area contributed by atoms with Gasteiger partial charge in [-0.1, -0.05) is 0 Å². The summed E-state index contributed by atoms with van der Waals surface area (Å²) in [6, 6.07) is 6.99. The van der Waals surface area contributed by atoms with Gasteiger partial charge in [0, 0.05) is 30.9 Å². The number of nitrogens with zero attached hydrogens (tertiary/aromatic N) is 3. The lowest BCUT2D eigenvalue weighted by atomic mass is 10.0. The minimum atomic E-state index is -4.24. The zero-order chi connectivity index (χ0) is 22.1. The van der Waals surface area contributed by atoms with Crippen LogP contribution in [-0.2, 0) is 10.0 Å². The van der Waals surface area contributed by atoms with Gasteiger partial charge in [-0.05, 0) is 24.3 Å². The maximum atomic E-state index is 13.8. The van der Waals surface area contributed by atoms with Crippen LogP contribution < -0.4 is 10.5 Å². The summed E-state index contributed by atoms with van der Waals surface area (Å²) in [4.78, 5) is 3.59. The molecule has 3 N–H and O–H groups in total. The van der Waals surface area contributed by atoms with Gasteiger partial charge in [-0.3, -0.25) is 0 Å². The number of ether oxygens (including phenoxy) is 1. The van der Waals surface area contributed by atoms with Gasteiger partial charge in [0.05, 0.1) is 12.1 Å². The van der Waals surface area contributed by atoms with Crippen LogP contribution in [0.5, 0.6) is 5.75 Å². The van der Waals surface area contributed by atoms with Crippen molar-refractivity contribution in [2.75, 3.05) is 19.6 Å². The third kappa shape index (κ3) is 4.10. The molecule has 2 aromatic rings. The van der Waals surface area contributed by atoms with E-state index in [2.05, 4.69) is 4.98 Å². The number of benzene rings is 1. The molecule has 2 heterocycles. The van der Waals surface area contributed by atoms with Gasteiger partial charge in [0.15, 0.2) is 5.03 Å². The van der Waals surface area contributed by atoms with Crippen molar-refractivity contribution in [3.8, 4) is 11.8 Å². The van der Waals surface area contributed by atoms with Gasteiger partial charge in [-0.2, -0.15) is 9.57 Å². The first kappa shape index (κ1) is 22.0. The first-order valence-corrected chi connectivity index (χ1v) is 10.1. The van der Waals surface area contributed by atoms with Crippen LogP contribution in [0.4, 0.5) is 13.2 Å². The number of hydrogen-bond acceptors (Lipinski definition) is 7. The molecular formula is C18H17F3N4O4S. The summed E-state index contributed by atoms with van der Waals surface area (Å²) in [5.41, 5.74) is 3.19. The summed E-state index contributed by atoms with van der Waals surface area (Å²) in [6.07, 6.45) is -3.19. The Morgan fingerprint density at radius 3 is 2.67 bits per heavy atom. The zero-order valence-electron chi connectivity index (χ0n) is 15.4. The Bertz CT molecular complexity index is 1080. The highest BCUT2D eigenvalue weighted by atomic mass is 32.2. The number of nitriles is 1. The van der Waals surface area contributed by atoms with E-state index in [0.717, 1.165) is 28.7 Å². The average molecular weight is 442 g/mol. The maximum Gasteiger partial charge on any atom is 0.265 e. The number of β-amino-alcohol motifs (C(OH)–C–C–N with tert-alkyl or cyclic N) is 1. The number of nitrogens with two attached hydrogens (primary N) is 1. The van der Waals surface area contributed by atoms with Crippen LogP contribution in [0.2, 0.25) is 0 Å². The fourth-order valence-electron chi connectivity index (χ4n) is 2.98. The highest BCUT2D eigenvalue weighted by Crippen LogP contribution is 2.31. The van der Waals surface area contributed by atoms with Crippen molar-refractivity contribution in [2.45, 2.75) is 23.2 Å². The van der Waals surface area contributed by atoms with Crippen LogP contribution in [0.15, 0.2) is 41.6 Å². The summed E-state index contributed by atoms with van der Waals surface area (Å²) < 4.78 is 71.3. The van der Waals surface area contributed by atoms with Crippen LogP contribution in [-0.4, -0.2) is 54.2 Å². The Balaban J connectivity index is 1.85. The first-order valence-electron chi connectivity index (χ1n) is 8.64. The Hall–Kier alpha value is -2.72. The molecule has 0 amide bonds. The number of rotatable bonds is 6. The number of sulfonamides is 1. The summed E-state index contributed by atoms with van der Waals surface area (Å²) in [7, 11) is -4.24. The smallest absolute Gasteiger partial charge is 0.265 e. The van der Waals surface area contributed by atoms with Gasteiger partial charge in [-0.25, -0.2) is 26.6 Å². The summed E-state index contributed by atoms with van der Waals surface area (Å²) in [5, 5.41) is 19.1. The first-order chi connectivity index (χ1) is 14.1. The maximum absolute atomic E-state index is 13.8. The lowest BCUT2D eigenvalue weighted by molar-refractivity contribution is -0.0201. The van der Waals surface area contributed by atoms with E-state index in [0.29, 0.717) is 0 Å². The van der Waals surface area contributed by atoms with Gasteiger partial charge < -0.3 is 15.6 Å². The second kappa shape index (κ2) is 8.19. The molecule has 0 saturated carbocycles. The largest absolute Gasteiger partial charge is 0.486 e. The standard InChI is InChI=1S/C18H17F3N4O4S/c19-14-5-13(3-1-11(14)6-22)29-15-8-25(10-18(15,26)9-23)30(27,28)16-4-2-12(7-24-16)17(20)21/h1-5,7,15,17,26H,8-10,23H2/t15-,18-/m0/s1. The fraction of sp³-hybridized carbons (Fsp3) is 0.333. The van der Waals surface area contributed by atoms with E-state index in [1.165, 1.54) is 12.1 Å². The van der Waals surface area contributed by atoms with E-state index in [4.69, 9.17) is 15.7 Å². The van der Waals surface area contributed by atoms with E-state index in [1.807, 2.05) is 0 Å². The molecule has 1 aliphatic rings. The Labute approximate surface area is 170 Å². The number of aliphatic hydroxyl groups is 1. The molecule has 2 atom stereocenters. The fourth-order valence-corrected chi connectivity index (χ4v) is 4.40. The van der Waals surface area contributed by atoms with E-state index in [-0.39, 0.29) is 24.4 Å². The van der Waals surface area contributed by atoms with E-state index in [1.54, 1.807) is 6.07 Å². The number of aromatic nitrogens is 1. The highest BCUT2D eigenvalue weighted by Gasteiger charge is 2.50. The minimum Gasteiger partial charge on any atom is -0.486 e. The Morgan fingerprint density at radius 1 is 1.40 bits per heavy atom. The summed E-state index contributed by atoms with van der Waals surface area (Å²) in [5.74, 6) is -0.862. The molecule has 0 bridgehead atoms. The summed E-state index contributed by atoms with van der Waals surface area (Å²) >= 11 is 0. The van der Waals surface area contributed by atoms with Crippen LogP contribution in [0.1, 0.15) is 17.6 Å². The predicted molar refractivity (Wildman–Crippen MR) is 97.5 cm³/mol. The zero-order valence-corrected chi connectivity index (χ0v) is 16.2. The third-order valence-electron chi connectivity index (χ3n) is 4.73. The Kier molecular flexibility index (Phi) is 6.00. The molecule has 1 aliphatic heterocycles. The van der Waals surface area contributed by atoms with Crippen molar-refractivity contribution in [1.82, 2.24) is 9.29 Å². The number of halogens is 3. The number of pyridine rings is 1. The molecule has 1 aromatic heterocycles. The molecule has 3 rings (SSSR count). The Morgan fingerprint density at radius 2 is 2.13 bits per heavy atom. The molecule has 0 unspecified atom stereocenters. The van der Waals surface area contributed by atoms with E-state index < -0.39 is 51.1 Å². The molecule has 0 aliphatic carbocycles. The normalized spacial score (nSPS) is 22.2. The third-order valence-corrected chi connectivity index (χ3v) is 6.46. The SMILES string of the molecule is N#Cc1ccc(O[C@H]2CN(S(=O)(=O)c3ccc(C(F)F)cn3)C[C@@]2(O)CN)cc1F. The van der Waals surface area contributed by atoms with Crippen LogP contribution >= 0.6 is 0 Å². The van der Waals surface area contributed by atoms with Crippen molar-refractivity contribution in [3.05, 3.63) is 53.5 Å². The molecule has 12 heteroatoms. The van der Waals surface area contributed by atoms with Crippen molar-refractivity contribution in [1.29, 1.82) is 5.26 Å². The molecular weight excluding hydrogens is 425 g/mol. The van der Waals surface area contributed by atoms with E-state index in [9.17, 15) is 26.7 Å². The molecule has 1 saturated heterocycles. The van der Waals surface area contributed by atoms with Crippen LogP contribution in [0.3, 0.4) is 0 Å². The number of alkyl halides is 2. The second-order valence-electron chi connectivity index (χ2n) is 6.70. The number of hydrogen-bond donors (Lipinski definition) is 2.